The topological polar surface area (TPSA) is 78.8 Å². The first-order valence-electron chi connectivity index (χ1n) is 7.91. The van der Waals surface area contributed by atoms with Gasteiger partial charge in [-0.25, -0.2) is 18.2 Å². The van der Waals surface area contributed by atoms with Crippen LogP contribution in [0.4, 0.5) is 4.39 Å². The Morgan fingerprint density at radius 1 is 1.19 bits per heavy atom. The van der Waals surface area contributed by atoms with Gasteiger partial charge in [0.05, 0.1) is 19.0 Å². The van der Waals surface area contributed by atoms with Crippen LogP contribution in [0.3, 0.4) is 0 Å². The van der Waals surface area contributed by atoms with E-state index in [1.807, 2.05) is 30.3 Å². The normalized spacial score (nSPS) is 11.8. The third-order valence-electron chi connectivity index (χ3n) is 3.53. The van der Waals surface area contributed by atoms with E-state index in [4.69, 9.17) is 0 Å². The second kappa shape index (κ2) is 9.21. The highest BCUT2D eigenvalue weighted by atomic mass is 32.2. The van der Waals surface area contributed by atoms with Gasteiger partial charge in [-0.1, -0.05) is 42.5 Å². The van der Waals surface area contributed by atoms with Gasteiger partial charge in [-0.05, 0) is 29.7 Å². The average Bonchev–Trinajstić information content (AvgIpc) is 2.58. The summed E-state index contributed by atoms with van der Waals surface area (Å²) in [6, 6.07) is 15.1. The Morgan fingerprint density at radius 2 is 1.92 bits per heavy atom. The number of carbonyl (C=O) groups excluding carboxylic acids is 1. The number of amides is 1. The Kier molecular flexibility index (Phi) is 6.99. The van der Waals surface area contributed by atoms with Crippen molar-refractivity contribution < 1.29 is 17.6 Å². The predicted octanol–water partition coefficient (Wildman–Crippen LogP) is 1.78. The van der Waals surface area contributed by atoms with Crippen molar-refractivity contribution in [3.05, 3.63) is 71.5 Å². The van der Waals surface area contributed by atoms with Crippen LogP contribution in [0, 0.1) is 5.82 Å². The lowest BCUT2D eigenvalue weighted by Gasteiger charge is -2.18. The molecule has 0 unspecified atom stereocenters. The van der Waals surface area contributed by atoms with E-state index in [-0.39, 0.29) is 13.1 Å². The smallest absolute Gasteiger partial charge is 0.255 e. The SMILES string of the molecule is CS(=O)(=O)N(CCc1ccccc1)CC(=O)NN=Cc1cccc(F)c1. The minimum Gasteiger partial charge on any atom is -0.272 e. The molecule has 8 heteroatoms. The molecule has 0 atom stereocenters. The molecule has 0 aliphatic rings. The maximum absolute atomic E-state index is 13.1. The van der Waals surface area contributed by atoms with E-state index in [1.54, 1.807) is 6.07 Å². The fourth-order valence-corrected chi connectivity index (χ4v) is 3.00. The summed E-state index contributed by atoms with van der Waals surface area (Å²) in [4.78, 5) is 12.0. The molecular formula is C18H20FN3O3S. The summed E-state index contributed by atoms with van der Waals surface area (Å²) in [5.41, 5.74) is 3.71. The Bertz CT molecular complexity index is 870. The highest BCUT2D eigenvalue weighted by Gasteiger charge is 2.19. The minimum atomic E-state index is -3.54. The molecule has 138 valence electrons. The van der Waals surface area contributed by atoms with E-state index in [0.717, 1.165) is 16.1 Å². The largest absolute Gasteiger partial charge is 0.272 e. The quantitative estimate of drug-likeness (QED) is 0.563. The molecule has 2 aromatic rings. The Morgan fingerprint density at radius 3 is 2.58 bits per heavy atom. The third-order valence-corrected chi connectivity index (χ3v) is 4.78. The van der Waals surface area contributed by atoms with E-state index in [2.05, 4.69) is 10.5 Å². The number of nitrogens with one attached hydrogen (secondary N) is 1. The molecule has 0 saturated carbocycles. The van der Waals surface area contributed by atoms with Gasteiger partial charge >= 0.3 is 0 Å². The molecule has 0 aromatic heterocycles. The summed E-state index contributed by atoms with van der Waals surface area (Å²) in [6.45, 7) is -0.157. The van der Waals surface area contributed by atoms with Crippen molar-refractivity contribution >= 4 is 22.1 Å². The van der Waals surface area contributed by atoms with Crippen molar-refractivity contribution in [1.29, 1.82) is 0 Å². The number of sulfonamides is 1. The third kappa shape index (κ3) is 6.73. The summed E-state index contributed by atoms with van der Waals surface area (Å²) < 4.78 is 37.9. The maximum atomic E-state index is 13.1. The van der Waals surface area contributed by atoms with Gasteiger partial charge in [0.15, 0.2) is 0 Å². The number of nitrogens with zero attached hydrogens (tertiary/aromatic N) is 2. The number of hydrogen-bond donors (Lipinski definition) is 1. The zero-order valence-corrected chi connectivity index (χ0v) is 15.1. The molecule has 0 bridgehead atoms. The molecule has 1 N–H and O–H groups in total. The standard InChI is InChI=1S/C18H20FN3O3S/c1-26(24,25)22(11-10-15-6-3-2-4-7-15)14-18(23)21-20-13-16-8-5-9-17(19)12-16/h2-9,12-13H,10-11,14H2,1H3,(H,21,23). The van der Waals surface area contributed by atoms with Crippen molar-refractivity contribution in [3.63, 3.8) is 0 Å². The lowest BCUT2D eigenvalue weighted by atomic mass is 10.1. The van der Waals surface area contributed by atoms with Gasteiger partial charge in [-0.2, -0.15) is 9.41 Å². The zero-order chi connectivity index (χ0) is 19.0. The second-order valence-corrected chi connectivity index (χ2v) is 7.66. The van der Waals surface area contributed by atoms with Crippen molar-refractivity contribution in [2.75, 3.05) is 19.3 Å². The van der Waals surface area contributed by atoms with Crippen molar-refractivity contribution in [1.82, 2.24) is 9.73 Å². The number of hydrogen-bond acceptors (Lipinski definition) is 4. The van der Waals surface area contributed by atoms with Gasteiger partial charge < -0.3 is 0 Å². The summed E-state index contributed by atoms with van der Waals surface area (Å²) >= 11 is 0. The molecular weight excluding hydrogens is 357 g/mol. The van der Waals surface area contributed by atoms with Crippen LogP contribution in [-0.4, -0.2) is 44.2 Å². The number of benzene rings is 2. The Labute approximate surface area is 152 Å². The van der Waals surface area contributed by atoms with E-state index in [1.165, 1.54) is 24.4 Å². The van der Waals surface area contributed by atoms with Crippen LogP contribution < -0.4 is 5.43 Å². The number of rotatable bonds is 8. The highest BCUT2D eigenvalue weighted by Crippen LogP contribution is 2.05. The van der Waals surface area contributed by atoms with Crippen LogP contribution in [0.25, 0.3) is 0 Å². The van der Waals surface area contributed by atoms with Crippen LogP contribution in [0.2, 0.25) is 0 Å². The van der Waals surface area contributed by atoms with Gasteiger partial charge in [-0.3, -0.25) is 4.79 Å². The molecule has 0 saturated heterocycles. The Balaban J connectivity index is 1.91. The molecule has 0 spiro atoms. The lowest BCUT2D eigenvalue weighted by Crippen LogP contribution is -2.40. The maximum Gasteiger partial charge on any atom is 0.255 e. The first-order valence-corrected chi connectivity index (χ1v) is 9.76. The van der Waals surface area contributed by atoms with Crippen LogP contribution in [0.1, 0.15) is 11.1 Å². The van der Waals surface area contributed by atoms with Gasteiger partial charge in [0.25, 0.3) is 5.91 Å². The van der Waals surface area contributed by atoms with E-state index >= 15 is 0 Å². The zero-order valence-electron chi connectivity index (χ0n) is 14.3. The van der Waals surface area contributed by atoms with Crippen molar-refractivity contribution in [3.8, 4) is 0 Å². The number of halogens is 1. The first-order chi connectivity index (χ1) is 12.3. The van der Waals surface area contributed by atoms with Crippen LogP contribution in [-0.2, 0) is 21.2 Å². The molecule has 0 heterocycles. The summed E-state index contributed by atoms with van der Waals surface area (Å²) in [5.74, 6) is -0.986. The van der Waals surface area contributed by atoms with Gasteiger partial charge in [-0.15, -0.1) is 0 Å². The summed E-state index contributed by atoms with van der Waals surface area (Å²) in [7, 11) is -3.54. The summed E-state index contributed by atoms with van der Waals surface area (Å²) in [6.07, 6.45) is 2.84. The van der Waals surface area contributed by atoms with Gasteiger partial charge in [0.2, 0.25) is 10.0 Å². The minimum absolute atomic E-state index is 0.184. The first kappa shape index (κ1) is 19.7. The average molecular weight is 377 g/mol. The van der Waals surface area contributed by atoms with Crippen molar-refractivity contribution in [2.45, 2.75) is 6.42 Å². The monoisotopic (exact) mass is 377 g/mol. The number of carbonyl (C=O) groups is 1. The molecule has 0 aliphatic heterocycles. The molecule has 6 nitrogen and oxygen atoms in total. The number of hydrazone groups is 1. The second-order valence-electron chi connectivity index (χ2n) is 5.68. The molecule has 1 amide bonds. The van der Waals surface area contributed by atoms with Crippen LogP contribution in [0.15, 0.2) is 59.7 Å². The van der Waals surface area contributed by atoms with E-state index < -0.39 is 21.7 Å². The Hall–Kier alpha value is -2.58. The van der Waals surface area contributed by atoms with E-state index in [9.17, 15) is 17.6 Å². The van der Waals surface area contributed by atoms with E-state index in [0.29, 0.717) is 12.0 Å². The fourth-order valence-electron chi connectivity index (χ4n) is 2.22. The highest BCUT2D eigenvalue weighted by molar-refractivity contribution is 7.88. The molecule has 0 radical (unpaired) electrons. The summed E-state index contributed by atoms with van der Waals surface area (Å²) in [5, 5.41) is 3.72. The molecule has 2 rings (SSSR count). The molecule has 26 heavy (non-hydrogen) atoms. The predicted molar refractivity (Wildman–Crippen MR) is 98.7 cm³/mol. The van der Waals surface area contributed by atoms with Crippen molar-refractivity contribution in [2.24, 2.45) is 5.10 Å². The molecule has 2 aromatic carbocycles. The van der Waals surface area contributed by atoms with Crippen LogP contribution >= 0.6 is 0 Å². The van der Waals surface area contributed by atoms with Gasteiger partial charge in [0, 0.05) is 6.54 Å². The molecule has 0 fully saturated rings. The lowest BCUT2D eigenvalue weighted by molar-refractivity contribution is -0.121. The fraction of sp³-hybridized carbons (Fsp3) is 0.222. The molecule has 0 aliphatic carbocycles. The van der Waals surface area contributed by atoms with Gasteiger partial charge in [0.1, 0.15) is 5.82 Å². The van der Waals surface area contributed by atoms with Crippen LogP contribution in [0.5, 0.6) is 0 Å².